The van der Waals surface area contributed by atoms with E-state index in [1.54, 1.807) is 11.8 Å². The summed E-state index contributed by atoms with van der Waals surface area (Å²) < 4.78 is 13.3. The topological polar surface area (TPSA) is 21.7 Å². The van der Waals surface area contributed by atoms with Crippen LogP contribution in [0, 0.1) is 0 Å². The highest BCUT2D eigenvalue weighted by Crippen LogP contribution is 2.54. The molecule has 0 N–H and O–H groups in total. The van der Waals surface area contributed by atoms with Crippen LogP contribution < -0.4 is 14.4 Å². The number of fused-ring (bicyclic) bond motifs is 6. The number of hydrogen-bond acceptors (Lipinski definition) is 5. The number of hydrogen-bond donors (Lipinski definition) is 0. The van der Waals surface area contributed by atoms with Gasteiger partial charge in [0.1, 0.15) is 23.0 Å². The van der Waals surface area contributed by atoms with Crippen LogP contribution >= 0.6 is 23.5 Å². The monoisotopic (exact) mass is 875 g/mol. The zero-order valence-corrected chi connectivity index (χ0v) is 38.3. The average Bonchev–Trinajstić information content (AvgIpc) is 3.34. The Balaban J connectivity index is 0.927. The number of rotatable bonds is 6. The summed E-state index contributed by atoms with van der Waals surface area (Å²) in [6.45, 7) is 9.28. The van der Waals surface area contributed by atoms with Crippen molar-refractivity contribution in [2.75, 3.05) is 4.90 Å². The molecule has 0 aromatic heterocycles. The number of anilines is 3. The Labute approximate surface area is 389 Å². The van der Waals surface area contributed by atoms with E-state index in [9.17, 15) is 0 Å². The van der Waals surface area contributed by atoms with E-state index >= 15 is 0 Å². The molecule has 3 aliphatic rings. The maximum Gasteiger partial charge on any atom is 0.149 e. The molecule has 0 bridgehead atoms. The van der Waals surface area contributed by atoms with Gasteiger partial charge in [0.2, 0.25) is 0 Å². The molecule has 65 heavy (non-hydrogen) atoms. The Kier molecular flexibility index (Phi) is 9.38. The van der Waals surface area contributed by atoms with Crippen LogP contribution in [0.3, 0.4) is 0 Å². The van der Waals surface area contributed by atoms with Gasteiger partial charge in [0.15, 0.2) is 0 Å². The van der Waals surface area contributed by atoms with Gasteiger partial charge in [0, 0.05) is 59.9 Å². The molecule has 0 saturated carbocycles. The van der Waals surface area contributed by atoms with Gasteiger partial charge in [-0.1, -0.05) is 185 Å². The van der Waals surface area contributed by atoms with Gasteiger partial charge in [0.25, 0.3) is 0 Å². The molecular formula is C60H45NO2S2. The van der Waals surface area contributed by atoms with Gasteiger partial charge >= 0.3 is 0 Å². The van der Waals surface area contributed by atoms with Crippen LogP contribution in [0.1, 0.15) is 49.9 Å². The predicted molar refractivity (Wildman–Crippen MR) is 269 cm³/mol. The molecule has 9 aromatic carbocycles. The minimum atomic E-state index is -0.192. The first kappa shape index (κ1) is 39.7. The van der Waals surface area contributed by atoms with E-state index in [2.05, 4.69) is 221 Å². The third-order valence-corrected chi connectivity index (χ3v) is 15.8. The van der Waals surface area contributed by atoms with E-state index < -0.39 is 0 Å². The number of para-hydroxylation sites is 4. The van der Waals surface area contributed by atoms with E-state index in [0.717, 1.165) is 72.1 Å². The normalized spacial score (nSPS) is 14.5. The largest absolute Gasteiger partial charge is 0.456 e. The molecule has 0 radical (unpaired) electrons. The molecule has 9 aromatic rings. The van der Waals surface area contributed by atoms with Crippen LogP contribution in [0.5, 0.6) is 23.0 Å². The summed E-state index contributed by atoms with van der Waals surface area (Å²) in [5.41, 5.74) is 14.9. The van der Waals surface area contributed by atoms with Gasteiger partial charge in [-0.3, -0.25) is 0 Å². The lowest BCUT2D eigenvalue weighted by Gasteiger charge is -2.35. The van der Waals surface area contributed by atoms with Crippen LogP contribution in [0.15, 0.2) is 220 Å². The number of ether oxygens (including phenoxy) is 2. The van der Waals surface area contributed by atoms with Crippen LogP contribution in [0.2, 0.25) is 0 Å². The third-order valence-electron chi connectivity index (χ3n) is 13.5. The van der Waals surface area contributed by atoms with Crippen LogP contribution in [0.4, 0.5) is 17.1 Å². The van der Waals surface area contributed by atoms with Gasteiger partial charge in [-0.05, 0) is 100 Å². The zero-order chi connectivity index (χ0) is 43.9. The molecule has 0 saturated heterocycles. The molecule has 3 heterocycles. The van der Waals surface area contributed by atoms with E-state index in [1.165, 1.54) is 43.2 Å². The first-order valence-electron chi connectivity index (χ1n) is 22.2. The highest BCUT2D eigenvalue weighted by Gasteiger charge is 2.36. The second-order valence-electron chi connectivity index (χ2n) is 18.1. The Morgan fingerprint density at radius 1 is 0.338 bits per heavy atom. The van der Waals surface area contributed by atoms with Crippen molar-refractivity contribution in [3.63, 3.8) is 0 Å². The molecule has 0 atom stereocenters. The molecule has 12 rings (SSSR count). The lowest BCUT2D eigenvalue weighted by molar-refractivity contribution is 0.419. The Hall–Kier alpha value is -6.92. The van der Waals surface area contributed by atoms with Crippen LogP contribution in [-0.2, 0) is 10.8 Å². The molecular weight excluding hydrogens is 831 g/mol. The fourth-order valence-electron chi connectivity index (χ4n) is 9.98. The van der Waals surface area contributed by atoms with Gasteiger partial charge in [-0.25, -0.2) is 0 Å². The maximum atomic E-state index is 6.70. The molecule has 3 nitrogen and oxygen atoms in total. The Morgan fingerprint density at radius 3 is 1.45 bits per heavy atom. The van der Waals surface area contributed by atoms with Crippen molar-refractivity contribution >= 4 is 40.6 Å². The molecule has 314 valence electrons. The summed E-state index contributed by atoms with van der Waals surface area (Å²) in [5.74, 6) is 3.64. The van der Waals surface area contributed by atoms with E-state index in [1.807, 2.05) is 23.9 Å². The zero-order valence-electron chi connectivity index (χ0n) is 36.6. The van der Waals surface area contributed by atoms with Crippen LogP contribution in [0.25, 0.3) is 33.4 Å². The second-order valence-corrected chi connectivity index (χ2v) is 20.2. The maximum absolute atomic E-state index is 6.70. The molecule has 0 amide bonds. The Morgan fingerprint density at radius 2 is 0.785 bits per heavy atom. The first-order chi connectivity index (χ1) is 31.7. The molecule has 0 aliphatic carbocycles. The fourth-order valence-corrected chi connectivity index (χ4v) is 12.5. The highest BCUT2D eigenvalue weighted by atomic mass is 32.2. The summed E-state index contributed by atoms with van der Waals surface area (Å²) in [5, 5.41) is 0. The van der Waals surface area contributed by atoms with E-state index in [-0.39, 0.29) is 10.8 Å². The van der Waals surface area contributed by atoms with E-state index in [4.69, 9.17) is 9.47 Å². The summed E-state index contributed by atoms with van der Waals surface area (Å²) in [4.78, 5) is 7.27. The highest BCUT2D eigenvalue weighted by molar-refractivity contribution is 8.00. The second kappa shape index (κ2) is 15.4. The first-order valence-corrected chi connectivity index (χ1v) is 23.9. The minimum Gasteiger partial charge on any atom is -0.456 e. The molecule has 0 unspecified atom stereocenters. The van der Waals surface area contributed by atoms with Gasteiger partial charge in [-0.2, -0.15) is 0 Å². The lowest BCUT2D eigenvalue weighted by atomic mass is 9.75. The van der Waals surface area contributed by atoms with Crippen molar-refractivity contribution in [1.29, 1.82) is 0 Å². The predicted octanol–water partition coefficient (Wildman–Crippen LogP) is 17.6. The fraction of sp³-hybridized carbons (Fsp3) is 0.100. The molecule has 0 fully saturated rings. The average molecular weight is 876 g/mol. The summed E-state index contributed by atoms with van der Waals surface area (Å²) >= 11 is 3.65. The van der Waals surface area contributed by atoms with Crippen molar-refractivity contribution in [2.24, 2.45) is 0 Å². The van der Waals surface area contributed by atoms with Gasteiger partial charge < -0.3 is 14.4 Å². The summed E-state index contributed by atoms with van der Waals surface area (Å²) in [6, 6.07) is 72.2. The standard InChI is InChI=1S/C60H45NO2S2/c1-59(2)47-17-5-7-21-51(47)62-56-44(14-11-19-49(56)59)38-26-32-41(33-27-38)61(42-34-28-39(29-35-42)45-15-13-25-55-57(45)63-52-22-8-10-24-54(52)64-55)43-36-30-40(31-37-43)46-16-12-20-50-58(46)65-53-23-9-6-18-48(53)60(50,3)4/h5-37H,1-4H3. The molecule has 0 spiro atoms. The number of benzene rings is 9. The van der Waals surface area contributed by atoms with Crippen molar-refractivity contribution in [3.8, 4) is 56.4 Å². The van der Waals surface area contributed by atoms with Crippen molar-refractivity contribution in [2.45, 2.75) is 58.1 Å². The van der Waals surface area contributed by atoms with Crippen LogP contribution in [-0.4, -0.2) is 0 Å². The Bertz CT molecular complexity index is 3160. The van der Waals surface area contributed by atoms with Crippen molar-refractivity contribution in [1.82, 2.24) is 0 Å². The van der Waals surface area contributed by atoms with Gasteiger partial charge in [-0.15, -0.1) is 0 Å². The summed E-state index contributed by atoms with van der Waals surface area (Å²) in [7, 11) is 0. The SMILES string of the molecule is CC1(C)c2ccccc2Oc2c(-c3ccc(N(c4ccc(-c5cccc6c5Oc5ccccc5S6)cc4)c4ccc(-c5cccc6c5Sc5ccccc5C6(C)C)cc4)cc3)cccc21. The molecule has 5 heteroatoms. The van der Waals surface area contributed by atoms with Crippen molar-refractivity contribution in [3.05, 3.63) is 222 Å². The van der Waals surface area contributed by atoms with Crippen molar-refractivity contribution < 1.29 is 9.47 Å². The smallest absolute Gasteiger partial charge is 0.149 e. The third kappa shape index (κ3) is 6.59. The van der Waals surface area contributed by atoms with E-state index in [0.29, 0.717) is 0 Å². The summed E-state index contributed by atoms with van der Waals surface area (Å²) in [6.07, 6.45) is 0. The minimum absolute atomic E-state index is 0.0946. The quantitative estimate of drug-likeness (QED) is 0.165. The lowest BCUT2D eigenvalue weighted by Crippen LogP contribution is -2.24. The number of nitrogens with zero attached hydrogens (tertiary/aromatic N) is 1. The molecule has 3 aliphatic heterocycles. The van der Waals surface area contributed by atoms with Gasteiger partial charge in [0.05, 0.1) is 9.79 Å².